The lowest BCUT2D eigenvalue weighted by molar-refractivity contribution is -0.402. The number of furan rings is 2. The predicted molar refractivity (Wildman–Crippen MR) is 342 cm³/mol. The van der Waals surface area contributed by atoms with Crippen molar-refractivity contribution < 1.29 is 57.9 Å². The van der Waals surface area contributed by atoms with Crippen molar-refractivity contribution in [2.75, 3.05) is 33.5 Å². The molecule has 6 N–H and O–H groups in total. The van der Waals surface area contributed by atoms with Crippen LogP contribution in [0.4, 0.5) is 53.7 Å². The van der Waals surface area contributed by atoms with E-state index in [-0.39, 0.29) is 33.6 Å². The Morgan fingerprint density at radius 2 is 1.15 bits per heavy atom. The maximum atomic E-state index is 15.0. The molecule has 2 aromatic heterocycles. The molecule has 0 saturated carbocycles. The highest BCUT2D eigenvalue weighted by atomic mass is 35.5. The van der Waals surface area contributed by atoms with Crippen molar-refractivity contribution in [1.82, 2.24) is 30.8 Å². The molecule has 0 aliphatic carbocycles. The van der Waals surface area contributed by atoms with E-state index in [1.54, 1.807) is 94.4 Å². The Balaban J connectivity index is 0.894. The summed E-state index contributed by atoms with van der Waals surface area (Å²) in [6, 6.07) is 34.6. The molecular formula is C62H54Cl2N14O14. The molecule has 2 fully saturated rings. The fraction of sp³-hybridized carbons (Fsp3) is 0.161. The van der Waals surface area contributed by atoms with Crippen molar-refractivity contribution in [3.05, 3.63) is 200 Å². The number of hydrogen-bond acceptors (Lipinski definition) is 16. The smallest absolute Gasteiger partial charge is 0.401 e. The molecule has 470 valence electrons. The fourth-order valence-corrected chi connectivity index (χ4v) is 11.1. The molecule has 2 aliphatic rings. The number of nitrogens with one attached hydrogen (secondary N) is 4. The molecule has 10 rings (SSSR count). The van der Waals surface area contributed by atoms with Gasteiger partial charge in [-0.1, -0.05) is 83.9 Å². The summed E-state index contributed by atoms with van der Waals surface area (Å²) in [6.45, 7) is 5.02. The Morgan fingerprint density at radius 3 is 1.74 bits per heavy atom. The second-order valence-electron chi connectivity index (χ2n) is 21.7. The Kier molecular flexibility index (Phi) is 18.2. The first-order valence-electron chi connectivity index (χ1n) is 27.7. The number of nitrogens with zero attached hydrogens (tertiary/aromatic N) is 10. The lowest BCUT2D eigenvalue weighted by atomic mass is 9.97. The monoisotopic (exact) mass is 1290 g/mol. The van der Waals surface area contributed by atoms with Crippen molar-refractivity contribution in [3.63, 3.8) is 0 Å². The van der Waals surface area contributed by atoms with Crippen molar-refractivity contribution in [1.29, 1.82) is 0 Å². The van der Waals surface area contributed by atoms with Gasteiger partial charge in [0.2, 0.25) is 0 Å². The zero-order valence-corrected chi connectivity index (χ0v) is 50.4. The van der Waals surface area contributed by atoms with E-state index in [0.717, 1.165) is 15.2 Å². The normalized spacial score (nSPS) is 16.2. The van der Waals surface area contributed by atoms with Crippen LogP contribution < -0.4 is 31.3 Å². The van der Waals surface area contributed by atoms with Gasteiger partial charge in [-0.05, 0) is 141 Å². The first kappa shape index (κ1) is 63.6. The Hall–Kier alpha value is -11.5. The second kappa shape index (κ2) is 26.3. The zero-order chi connectivity index (χ0) is 65.8. The maximum absolute atomic E-state index is 15.0. The van der Waals surface area contributed by atoms with Gasteiger partial charge in [-0.25, -0.2) is 30.0 Å². The summed E-state index contributed by atoms with van der Waals surface area (Å²) in [7, 11) is 0. The Labute approximate surface area is 531 Å². The molecule has 2 saturated heterocycles. The van der Waals surface area contributed by atoms with Gasteiger partial charge in [0, 0.05) is 50.2 Å². The highest BCUT2D eigenvalue weighted by Crippen LogP contribution is 2.43. The van der Waals surface area contributed by atoms with E-state index in [9.17, 15) is 54.6 Å². The highest BCUT2D eigenvalue weighted by molar-refractivity contribution is 6.33. The van der Waals surface area contributed by atoms with Crippen molar-refractivity contribution in [2.45, 2.75) is 51.1 Å². The number of hydroxylamine groups is 4. The highest BCUT2D eigenvalue weighted by Gasteiger charge is 2.58. The van der Waals surface area contributed by atoms with Gasteiger partial charge < -0.3 is 29.3 Å². The number of carbonyl (C=O) groups is 6. The van der Waals surface area contributed by atoms with E-state index in [1.165, 1.54) is 107 Å². The molecule has 4 heterocycles. The molecule has 0 radical (unpaired) electrons. The number of hydrazone groups is 2. The summed E-state index contributed by atoms with van der Waals surface area (Å²) in [5, 5.41) is 63.0. The molecule has 10 amide bonds. The largest absolute Gasteiger partial charge is 0.433 e. The molecule has 6 aromatic carbocycles. The van der Waals surface area contributed by atoms with Crippen LogP contribution in [0.1, 0.15) is 39.2 Å². The fourth-order valence-electron chi connectivity index (χ4n) is 10.7. The van der Waals surface area contributed by atoms with Crippen LogP contribution in [0.25, 0.3) is 44.8 Å². The predicted octanol–water partition coefficient (Wildman–Crippen LogP) is 12.1. The summed E-state index contributed by atoms with van der Waals surface area (Å²) < 4.78 is 10.1. The van der Waals surface area contributed by atoms with E-state index >= 15 is 4.79 Å². The minimum atomic E-state index is -1.52. The van der Waals surface area contributed by atoms with Crippen LogP contribution in [-0.4, -0.2) is 125 Å². The van der Waals surface area contributed by atoms with Crippen molar-refractivity contribution >= 4 is 140 Å². The third-order valence-corrected chi connectivity index (χ3v) is 15.7. The second-order valence-corrected chi connectivity index (χ2v) is 22.5. The lowest BCUT2D eigenvalue weighted by Gasteiger charge is -2.38. The van der Waals surface area contributed by atoms with E-state index in [0.29, 0.717) is 48.1 Å². The number of anilines is 4. The number of nitro groups is 2. The summed E-state index contributed by atoms with van der Waals surface area (Å²) in [6.07, 6.45) is 4.83. The molecule has 2 aliphatic heterocycles. The first-order valence-corrected chi connectivity index (χ1v) is 28.5. The lowest BCUT2D eigenvalue weighted by Crippen LogP contribution is -2.58. The summed E-state index contributed by atoms with van der Waals surface area (Å²) in [5.74, 6) is -2.15. The van der Waals surface area contributed by atoms with Gasteiger partial charge in [-0.2, -0.15) is 20.3 Å². The zero-order valence-electron chi connectivity index (χ0n) is 48.9. The van der Waals surface area contributed by atoms with Crippen LogP contribution in [0.5, 0.6) is 0 Å². The Morgan fingerprint density at radius 1 is 0.620 bits per heavy atom. The van der Waals surface area contributed by atoms with Gasteiger partial charge in [0.15, 0.2) is 12.3 Å². The number of carbonyl (C=O) groups excluding carboxylic acids is 6. The van der Waals surface area contributed by atoms with Crippen LogP contribution >= 0.6 is 23.2 Å². The minimum absolute atomic E-state index is 0.141. The van der Waals surface area contributed by atoms with Gasteiger partial charge in [-0.3, -0.25) is 50.0 Å². The molecule has 2 atom stereocenters. The van der Waals surface area contributed by atoms with Crippen LogP contribution in [0.3, 0.4) is 0 Å². The van der Waals surface area contributed by atoms with Gasteiger partial charge in [0.25, 0.3) is 11.8 Å². The number of benzene rings is 6. The number of amides is 10. The molecule has 8 aromatic rings. The molecule has 30 heteroatoms. The number of halogens is 2. The molecule has 92 heavy (non-hydrogen) atoms. The third-order valence-electron chi connectivity index (χ3n) is 15.1. The maximum Gasteiger partial charge on any atom is 0.433 e. The van der Waals surface area contributed by atoms with E-state index in [4.69, 9.17) is 32.0 Å². The van der Waals surface area contributed by atoms with Crippen molar-refractivity contribution in [2.24, 2.45) is 10.2 Å². The van der Waals surface area contributed by atoms with Gasteiger partial charge >= 0.3 is 35.9 Å². The van der Waals surface area contributed by atoms with Crippen LogP contribution in [-0.2, 0) is 9.59 Å². The van der Waals surface area contributed by atoms with Crippen LogP contribution in [0.15, 0.2) is 177 Å². The third kappa shape index (κ3) is 13.1. The number of fused-ring (bicyclic) bond motifs is 2. The average Bonchev–Trinajstić information content (AvgIpc) is 1.57. The number of urea groups is 4. The first-order chi connectivity index (χ1) is 43.9. The van der Waals surface area contributed by atoms with E-state index in [1.807, 2.05) is 18.2 Å². The molecule has 2 unspecified atom stereocenters. The van der Waals surface area contributed by atoms with Gasteiger partial charge in [0.1, 0.15) is 34.5 Å². The van der Waals surface area contributed by atoms with Crippen LogP contribution in [0.2, 0.25) is 10.0 Å². The standard InChI is InChI=1S/C62H54Cl2N14O14/c1-61(2)55(73(42-23-20-40(63)21-24-42)59(83)71(61)35-51(79)69-65-31-9-14-43-25-29-53(91-43)77(87)88)75(85)57(81)67-41-22-28-48(64)47(34-41)39-19-27-46-38(33-39)13-8-18-50(46)74-56(76(86)58(82)68-49-17-7-12-37-11-5-6-16-45(37)49)62(3,4)72(60(74)84)36-52(80)70-66-32-10-15-44-26-30-54(92-44)78(89)90/h5-34,55-56,85-86H,35-36H2,1-4H3,(H,67,81)(H,68,82)(H,69,79)(H,70,80)/b14-9+,15-10+,65-31+,66-32+. The summed E-state index contributed by atoms with van der Waals surface area (Å²) in [5.41, 5.74) is 3.47. The molecule has 28 nitrogen and oxygen atoms in total. The number of hydrogen-bond donors (Lipinski definition) is 6. The topological polar surface area (TPSA) is 348 Å². The molecular weight excluding hydrogens is 1240 g/mol. The van der Waals surface area contributed by atoms with E-state index in [2.05, 4.69) is 31.7 Å². The van der Waals surface area contributed by atoms with Gasteiger partial charge in [0.05, 0.1) is 34.6 Å². The van der Waals surface area contributed by atoms with Crippen LogP contribution in [0, 0.1) is 20.2 Å². The number of rotatable bonds is 19. The van der Waals surface area contributed by atoms with Crippen molar-refractivity contribution in [3.8, 4) is 11.1 Å². The molecule has 0 spiro atoms. The molecule has 0 bridgehead atoms. The summed E-state index contributed by atoms with van der Waals surface area (Å²) in [4.78, 5) is 110. The minimum Gasteiger partial charge on any atom is -0.401 e. The SMILES string of the molecule is CC1(C)C(N(O)C(=O)Nc2ccc(Cl)c(-c3ccc4c(N5C(=O)N(CC(=O)N/N=C/C=C/c6ccc([N+](=O)[O-])o6)C(C)(C)C5N(O)C(=O)Nc5cccc6ccccc56)cccc4c3)c2)N(c2ccc(Cl)cc2)C(=O)N1CC(=O)N/N=C/C=C/c1ccc([N+](=O)[O-])o1. The average molecular weight is 1290 g/mol. The number of allylic oxidation sites excluding steroid dienone is 2. The summed E-state index contributed by atoms with van der Waals surface area (Å²) >= 11 is 13.1. The van der Waals surface area contributed by atoms with Gasteiger partial charge in [-0.15, -0.1) is 0 Å². The quantitative estimate of drug-likeness (QED) is 0.0190. The van der Waals surface area contributed by atoms with E-state index < -0.39 is 94.1 Å². The Bertz CT molecular complexity index is 4370.